The lowest BCUT2D eigenvalue weighted by Gasteiger charge is -2.14. The minimum atomic E-state index is -0.354. The first-order valence-corrected chi connectivity index (χ1v) is 7.51. The zero-order valence-corrected chi connectivity index (χ0v) is 13.8. The van der Waals surface area contributed by atoms with Crippen LogP contribution in [0.1, 0.15) is 10.4 Å². The number of benzene rings is 3. The highest BCUT2D eigenvalue weighted by molar-refractivity contribution is 6.01. The summed E-state index contributed by atoms with van der Waals surface area (Å²) in [5, 5.41) is 2.11. The van der Waals surface area contributed by atoms with Crippen LogP contribution in [0.2, 0.25) is 0 Å². The van der Waals surface area contributed by atoms with Crippen molar-refractivity contribution in [2.45, 2.75) is 0 Å². The van der Waals surface area contributed by atoms with Gasteiger partial charge in [0.15, 0.2) is 0 Å². The molecule has 24 heavy (non-hydrogen) atoms. The van der Waals surface area contributed by atoms with E-state index in [0.29, 0.717) is 5.56 Å². The largest absolute Gasteiger partial charge is 0.497 e. The minimum Gasteiger partial charge on any atom is -0.497 e. The fourth-order valence-corrected chi connectivity index (χ4v) is 2.76. The van der Waals surface area contributed by atoms with Gasteiger partial charge >= 0.3 is 5.97 Å². The number of ether oxygens (including phenoxy) is 3. The third-order valence-electron chi connectivity index (χ3n) is 4.01. The molecule has 0 aliphatic heterocycles. The summed E-state index contributed by atoms with van der Waals surface area (Å²) in [4.78, 5) is 11.6. The second-order valence-electron chi connectivity index (χ2n) is 5.30. The topological polar surface area (TPSA) is 44.8 Å². The molecular weight excluding hydrogens is 304 g/mol. The molecule has 3 aromatic rings. The number of fused-ring (bicyclic) bond motifs is 1. The Kier molecular flexibility index (Phi) is 4.38. The molecule has 0 heterocycles. The third kappa shape index (κ3) is 2.78. The molecule has 3 rings (SSSR count). The van der Waals surface area contributed by atoms with Crippen LogP contribution in [0.3, 0.4) is 0 Å². The third-order valence-corrected chi connectivity index (χ3v) is 4.01. The van der Waals surface area contributed by atoms with Crippen LogP contribution < -0.4 is 9.47 Å². The van der Waals surface area contributed by atoms with E-state index in [2.05, 4.69) is 0 Å². The molecule has 0 fully saturated rings. The molecule has 0 saturated heterocycles. The van der Waals surface area contributed by atoms with E-state index in [9.17, 15) is 4.79 Å². The molecule has 0 N–H and O–H groups in total. The summed E-state index contributed by atoms with van der Waals surface area (Å²) in [6.45, 7) is 0. The van der Waals surface area contributed by atoms with Gasteiger partial charge < -0.3 is 14.2 Å². The van der Waals surface area contributed by atoms with Crippen LogP contribution in [-0.2, 0) is 4.74 Å². The van der Waals surface area contributed by atoms with Gasteiger partial charge in [0.05, 0.1) is 26.9 Å². The van der Waals surface area contributed by atoms with E-state index in [0.717, 1.165) is 33.4 Å². The molecule has 0 bridgehead atoms. The number of carbonyl (C=O) groups excluding carboxylic acids is 1. The standard InChI is InChI=1S/C20H18O4/c1-22-16-10-8-13-9-11-18(23-2)19(17(13)12-16)14-4-6-15(7-5-14)20(21)24-3/h4-12H,1-3H3. The minimum absolute atomic E-state index is 0.354. The first kappa shape index (κ1) is 15.9. The normalized spacial score (nSPS) is 10.5. The first-order valence-electron chi connectivity index (χ1n) is 7.51. The Hall–Kier alpha value is -3.01. The highest BCUT2D eigenvalue weighted by atomic mass is 16.5. The van der Waals surface area contributed by atoms with E-state index >= 15 is 0 Å². The molecule has 0 spiro atoms. The maximum absolute atomic E-state index is 11.6. The molecule has 3 aromatic carbocycles. The predicted molar refractivity (Wildman–Crippen MR) is 93.8 cm³/mol. The first-order chi connectivity index (χ1) is 11.7. The lowest BCUT2D eigenvalue weighted by atomic mass is 9.96. The number of carbonyl (C=O) groups is 1. The van der Waals surface area contributed by atoms with Crippen LogP contribution >= 0.6 is 0 Å². The van der Waals surface area contributed by atoms with Crippen molar-refractivity contribution in [1.29, 1.82) is 0 Å². The Morgan fingerprint density at radius 2 is 1.54 bits per heavy atom. The zero-order valence-electron chi connectivity index (χ0n) is 13.8. The molecule has 0 atom stereocenters. The summed E-state index contributed by atoms with van der Waals surface area (Å²) in [6.07, 6.45) is 0. The number of hydrogen-bond donors (Lipinski definition) is 0. The Morgan fingerprint density at radius 1 is 0.833 bits per heavy atom. The average Bonchev–Trinajstić information content (AvgIpc) is 2.66. The van der Waals surface area contributed by atoms with Crippen LogP contribution in [0.15, 0.2) is 54.6 Å². The molecule has 122 valence electrons. The number of esters is 1. The average molecular weight is 322 g/mol. The van der Waals surface area contributed by atoms with Gasteiger partial charge in [-0.05, 0) is 46.7 Å². The summed E-state index contributed by atoms with van der Waals surface area (Å²) < 4.78 is 15.6. The number of rotatable bonds is 4. The molecule has 4 nitrogen and oxygen atoms in total. The quantitative estimate of drug-likeness (QED) is 0.671. The van der Waals surface area contributed by atoms with Gasteiger partial charge in [0.2, 0.25) is 0 Å². The molecule has 4 heteroatoms. The van der Waals surface area contributed by atoms with Gasteiger partial charge in [-0.3, -0.25) is 0 Å². The van der Waals surface area contributed by atoms with Crippen molar-refractivity contribution in [1.82, 2.24) is 0 Å². The Labute approximate surface area is 140 Å². The van der Waals surface area contributed by atoms with Crippen LogP contribution in [-0.4, -0.2) is 27.3 Å². The Balaban J connectivity index is 2.21. The van der Waals surface area contributed by atoms with Gasteiger partial charge in [-0.15, -0.1) is 0 Å². The van der Waals surface area contributed by atoms with Crippen molar-refractivity contribution < 1.29 is 19.0 Å². The summed E-state index contributed by atoms with van der Waals surface area (Å²) >= 11 is 0. The second-order valence-corrected chi connectivity index (χ2v) is 5.30. The van der Waals surface area contributed by atoms with Crippen LogP contribution in [0.25, 0.3) is 21.9 Å². The summed E-state index contributed by atoms with van der Waals surface area (Å²) in [6, 6.07) is 17.2. The summed E-state index contributed by atoms with van der Waals surface area (Å²) in [7, 11) is 4.66. The van der Waals surface area contributed by atoms with Gasteiger partial charge in [0.1, 0.15) is 11.5 Å². The fourth-order valence-electron chi connectivity index (χ4n) is 2.76. The number of hydrogen-bond acceptors (Lipinski definition) is 4. The smallest absolute Gasteiger partial charge is 0.337 e. The molecule has 0 unspecified atom stereocenters. The summed E-state index contributed by atoms with van der Waals surface area (Å²) in [5.74, 6) is 1.19. The maximum atomic E-state index is 11.6. The summed E-state index contributed by atoms with van der Waals surface area (Å²) in [5.41, 5.74) is 2.43. The lowest BCUT2D eigenvalue weighted by Crippen LogP contribution is -2.00. The van der Waals surface area contributed by atoms with Crippen LogP contribution in [0.5, 0.6) is 11.5 Å². The lowest BCUT2D eigenvalue weighted by molar-refractivity contribution is 0.0601. The predicted octanol–water partition coefficient (Wildman–Crippen LogP) is 4.31. The zero-order chi connectivity index (χ0) is 17.1. The van der Waals surface area contributed by atoms with Crippen molar-refractivity contribution in [3.05, 3.63) is 60.2 Å². The molecular formula is C20H18O4. The maximum Gasteiger partial charge on any atom is 0.337 e. The van der Waals surface area contributed by atoms with E-state index < -0.39 is 0 Å². The van der Waals surface area contributed by atoms with E-state index in [4.69, 9.17) is 14.2 Å². The number of methoxy groups -OCH3 is 3. The fraction of sp³-hybridized carbons (Fsp3) is 0.150. The van der Waals surface area contributed by atoms with Crippen molar-refractivity contribution in [3.63, 3.8) is 0 Å². The molecule has 0 radical (unpaired) electrons. The van der Waals surface area contributed by atoms with Crippen molar-refractivity contribution in [3.8, 4) is 22.6 Å². The highest BCUT2D eigenvalue weighted by Gasteiger charge is 2.13. The molecule has 0 saturated carbocycles. The van der Waals surface area contributed by atoms with E-state index in [1.807, 2.05) is 42.5 Å². The van der Waals surface area contributed by atoms with Gasteiger partial charge in [0, 0.05) is 5.56 Å². The van der Waals surface area contributed by atoms with Gasteiger partial charge in [0.25, 0.3) is 0 Å². The van der Waals surface area contributed by atoms with E-state index in [1.165, 1.54) is 7.11 Å². The SMILES string of the molecule is COC(=O)c1ccc(-c2c(OC)ccc3ccc(OC)cc23)cc1. The van der Waals surface area contributed by atoms with Crippen LogP contribution in [0, 0.1) is 0 Å². The van der Waals surface area contributed by atoms with Crippen molar-refractivity contribution in [2.24, 2.45) is 0 Å². The molecule has 0 amide bonds. The molecule has 0 aromatic heterocycles. The van der Waals surface area contributed by atoms with Gasteiger partial charge in [-0.25, -0.2) is 4.79 Å². The molecule has 0 aliphatic rings. The van der Waals surface area contributed by atoms with Crippen molar-refractivity contribution >= 4 is 16.7 Å². The Bertz CT molecular complexity index is 877. The second kappa shape index (κ2) is 6.62. The van der Waals surface area contributed by atoms with Crippen molar-refractivity contribution in [2.75, 3.05) is 21.3 Å². The van der Waals surface area contributed by atoms with Crippen LogP contribution in [0.4, 0.5) is 0 Å². The highest BCUT2D eigenvalue weighted by Crippen LogP contribution is 2.38. The monoisotopic (exact) mass is 322 g/mol. The van der Waals surface area contributed by atoms with E-state index in [-0.39, 0.29) is 5.97 Å². The van der Waals surface area contributed by atoms with Gasteiger partial charge in [-0.2, -0.15) is 0 Å². The van der Waals surface area contributed by atoms with E-state index in [1.54, 1.807) is 26.4 Å². The molecule has 0 aliphatic carbocycles. The van der Waals surface area contributed by atoms with Gasteiger partial charge in [-0.1, -0.05) is 24.3 Å². The Morgan fingerprint density at radius 3 is 2.17 bits per heavy atom.